The number of carbonyl (C=O) groups is 2. The zero-order valence-electron chi connectivity index (χ0n) is 7.54. The smallest absolute Gasteiger partial charge is 0.307 e. The van der Waals surface area contributed by atoms with Crippen LogP contribution in [0.15, 0.2) is 0 Å². The Balaban J connectivity index is 0. The molecule has 0 atom stereocenters. The van der Waals surface area contributed by atoms with Gasteiger partial charge in [-0.1, -0.05) is 0 Å². The van der Waals surface area contributed by atoms with E-state index in [2.05, 4.69) is 10.1 Å². The molecule has 0 aliphatic heterocycles. The number of halogens is 1. The van der Waals surface area contributed by atoms with Crippen molar-refractivity contribution in [1.29, 1.82) is 0 Å². The third-order valence-electron chi connectivity index (χ3n) is 1.11. The first kappa shape index (κ1) is 14.7. The van der Waals surface area contributed by atoms with Crippen LogP contribution in [0.1, 0.15) is 13.3 Å². The Kier molecular flexibility index (Phi) is 10.5. The zero-order chi connectivity index (χ0) is 9.40. The van der Waals surface area contributed by atoms with Crippen LogP contribution in [0.3, 0.4) is 0 Å². The lowest BCUT2D eigenvalue weighted by atomic mass is 10.4. The lowest BCUT2D eigenvalue weighted by Crippen LogP contribution is -2.30. The number of amides is 1. The van der Waals surface area contributed by atoms with Gasteiger partial charge in [-0.2, -0.15) is 0 Å². The molecule has 1 amide bonds. The minimum Gasteiger partial charge on any atom is -0.466 e. The molecule has 3 N–H and O–H groups in total. The summed E-state index contributed by atoms with van der Waals surface area (Å²) in [6, 6.07) is 0. The minimum atomic E-state index is -0.432. The number of ether oxygens (including phenoxy) is 1. The van der Waals surface area contributed by atoms with Gasteiger partial charge < -0.3 is 15.8 Å². The number of nitrogens with one attached hydrogen (secondary N) is 1. The molecule has 78 valence electrons. The second-order valence-electron chi connectivity index (χ2n) is 2.20. The second kappa shape index (κ2) is 9.28. The number of esters is 1. The molecule has 0 aliphatic rings. The third-order valence-corrected chi connectivity index (χ3v) is 1.11. The summed E-state index contributed by atoms with van der Waals surface area (Å²) in [5, 5.41) is 2.70. The van der Waals surface area contributed by atoms with Crippen LogP contribution in [0, 0.1) is 0 Å². The Morgan fingerprint density at radius 2 is 2.08 bits per heavy atom. The number of carbonyl (C=O) groups excluding carboxylic acids is 2. The van der Waals surface area contributed by atoms with Crippen molar-refractivity contribution in [1.82, 2.24) is 5.32 Å². The number of primary amides is 1. The van der Waals surface area contributed by atoms with E-state index in [0.29, 0.717) is 13.2 Å². The Labute approximate surface area is 83.4 Å². The molecule has 0 aromatic heterocycles. The summed E-state index contributed by atoms with van der Waals surface area (Å²) in [6.07, 6.45) is 0.265. The zero-order valence-corrected chi connectivity index (χ0v) is 8.36. The van der Waals surface area contributed by atoms with Crippen LogP contribution in [0.4, 0.5) is 0 Å². The summed E-state index contributed by atoms with van der Waals surface area (Å²) in [5.41, 5.74) is 4.85. The summed E-state index contributed by atoms with van der Waals surface area (Å²) in [6.45, 7) is 2.64. The molecule has 5 nitrogen and oxygen atoms in total. The lowest BCUT2D eigenvalue weighted by molar-refractivity contribution is -0.143. The fraction of sp³-hybridized carbons (Fsp3) is 0.714. The van der Waals surface area contributed by atoms with Crippen LogP contribution in [-0.2, 0) is 14.3 Å². The molecule has 6 heteroatoms. The van der Waals surface area contributed by atoms with Gasteiger partial charge in [0.25, 0.3) is 0 Å². The van der Waals surface area contributed by atoms with E-state index in [0.717, 1.165) is 0 Å². The highest BCUT2D eigenvalue weighted by Crippen LogP contribution is 1.83. The summed E-state index contributed by atoms with van der Waals surface area (Å²) >= 11 is 0. The molecule has 0 fully saturated rings. The van der Waals surface area contributed by atoms with Gasteiger partial charge in [0.05, 0.1) is 19.6 Å². The number of rotatable bonds is 6. The Morgan fingerprint density at radius 3 is 2.54 bits per heavy atom. The summed E-state index contributed by atoms with van der Waals surface area (Å²) in [5.74, 6) is -0.701. The third kappa shape index (κ3) is 11.2. The second-order valence-corrected chi connectivity index (χ2v) is 2.20. The average Bonchev–Trinajstić information content (AvgIpc) is 1.98. The van der Waals surface area contributed by atoms with Crippen LogP contribution in [0.25, 0.3) is 0 Å². The molecular formula is C7H15ClN2O3. The van der Waals surface area contributed by atoms with Gasteiger partial charge in [-0.3, -0.25) is 9.59 Å². The van der Waals surface area contributed by atoms with Gasteiger partial charge in [-0.15, -0.1) is 12.4 Å². The molecule has 0 rings (SSSR count). The summed E-state index contributed by atoms with van der Waals surface area (Å²) < 4.78 is 4.65. The van der Waals surface area contributed by atoms with Crippen molar-refractivity contribution in [2.24, 2.45) is 5.73 Å². The first-order chi connectivity index (χ1) is 5.66. The van der Waals surface area contributed by atoms with E-state index >= 15 is 0 Å². The SMILES string of the molecule is CCOC(=O)CCNCC(N)=O.Cl. The molecule has 0 saturated heterocycles. The van der Waals surface area contributed by atoms with Crippen LogP contribution in [-0.4, -0.2) is 31.6 Å². The Bertz CT molecular complexity index is 164. The van der Waals surface area contributed by atoms with Gasteiger partial charge >= 0.3 is 5.97 Å². The van der Waals surface area contributed by atoms with Crippen molar-refractivity contribution < 1.29 is 14.3 Å². The highest BCUT2D eigenvalue weighted by Gasteiger charge is 2.00. The van der Waals surface area contributed by atoms with Gasteiger partial charge in [-0.05, 0) is 6.92 Å². The van der Waals surface area contributed by atoms with E-state index in [-0.39, 0.29) is 31.3 Å². The Hall–Kier alpha value is -0.810. The first-order valence-electron chi connectivity index (χ1n) is 3.81. The normalized spacial score (nSPS) is 8.69. The summed E-state index contributed by atoms with van der Waals surface area (Å²) in [4.78, 5) is 20.9. The summed E-state index contributed by atoms with van der Waals surface area (Å²) in [7, 11) is 0. The van der Waals surface area contributed by atoms with Gasteiger partial charge in [0.1, 0.15) is 0 Å². The van der Waals surface area contributed by atoms with Gasteiger partial charge in [0, 0.05) is 6.54 Å². The molecule has 0 bridgehead atoms. The van der Waals surface area contributed by atoms with Crippen molar-refractivity contribution in [2.45, 2.75) is 13.3 Å². The topological polar surface area (TPSA) is 81.4 Å². The lowest BCUT2D eigenvalue weighted by Gasteiger charge is -2.01. The molecule has 0 aromatic rings. The van der Waals surface area contributed by atoms with Crippen molar-refractivity contribution in [3.05, 3.63) is 0 Å². The minimum absolute atomic E-state index is 0. The van der Waals surface area contributed by atoms with Crippen LogP contribution < -0.4 is 11.1 Å². The average molecular weight is 211 g/mol. The van der Waals surface area contributed by atoms with Gasteiger partial charge in [0.2, 0.25) is 5.91 Å². The fourth-order valence-electron chi connectivity index (χ4n) is 0.635. The van der Waals surface area contributed by atoms with E-state index in [1.54, 1.807) is 6.92 Å². The first-order valence-corrected chi connectivity index (χ1v) is 3.81. The maximum Gasteiger partial charge on any atom is 0.307 e. The van der Waals surface area contributed by atoms with E-state index < -0.39 is 5.91 Å². The van der Waals surface area contributed by atoms with Crippen molar-refractivity contribution in [2.75, 3.05) is 19.7 Å². The van der Waals surface area contributed by atoms with Crippen LogP contribution >= 0.6 is 12.4 Å². The molecule has 0 unspecified atom stereocenters. The highest BCUT2D eigenvalue weighted by molar-refractivity contribution is 5.85. The Morgan fingerprint density at radius 1 is 1.46 bits per heavy atom. The molecule has 0 radical (unpaired) electrons. The predicted octanol–water partition coefficient (Wildman–Crippen LogP) is -0.564. The maximum atomic E-state index is 10.7. The van der Waals surface area contributed by atoms with Crippen molar-refractivity contribution in [3.63, 3.8) is 0 Å². The van der Waals surface area contributed by atoms with Crippen molar-refractivity contribution in [3.8, 4) is 0 Å². The number of hydrogen-bond acceptors (Lipinski definition) is 4. The largest absolute Gasteiger partial charge is 0.466 e. The quantitative estimate of drug-likeness (QED) is 0.455. The van der Waals surface area contributed by atoms with Crippen molar-refractivity contribution >= 4 is 24.3 Å². The number of nitrogens with two attached hydrogens (primary N) is 1. The highest BCUT2D eigenvalue weighted by atomic mass is 35.5. The number of hydrogen-bond donors (Lipinski definition) is 2. The monoisotopic (exact) mass is 210 g/mol. The van der Waals surface area contributed by atoms with Gasteiger partial charge in [0.15, 0.2) is 0 Å². The van der Waals surface area contributed by atoms with Gasteiger partial charge in [-0.25, -0.2) is 0 Å². The fourth-order valence-corrected chi connectivity index (χ4v) is 0.635. The van der Waals surface area contributed by atoms with E-state index in [9.17, 15) is 9.59 Å². The molecule has 0 heterocycles. The van der Waals surface area contributed by atoms with Crippen LogP contribution in [0.5, 0.6) is 0 Å². The molecule has 0 saturated carbocycles. The predicted molar refractivity (Wildman–Crippen MR) is 50.6 cm³/mol. The molecule has 0 aromatic carbocycles. The van der Waals surface area contributed by atoms with Crippen LogP contribution in [0.2, 0.25) is 0 Å². The van der Waals surface area contributed by atoms with E-state index in [1.807, 2.05) is 0 Å². The van der Waals surface area contributed by atoms with E-state index in [1.165, 1.54) is 0 Å². The maximum absolute atomic E-state index is 10.7. The van der Waals surface area contributed by atoms with E-state index in [4.69, 9.17) is 5.73 Å². The molecule has 0 spiro atoms. The standard InChI is InChI=1S/C7H14N2O3.ClH/c1-2-12-7(11)3-4-9-5-6(8)10;/h9H,2-5H2,1H3,(H2,8,10);1H. The molecule has 13 heavy (non-hydrogen) atoms. The molecule has 0 aliphatic carbocycles. The molecular weight excluding hydrogens is 196 g/mol.